The fraction of sp³-hybridized carbons (Fsp3) is 0.393. The minimum absolute atomic E-state index is 0.190. The van der Waals surface area contributed by atoms with E-state index >= 15 is 0 Å². The minimum atomic E-state index is -0.772. The van der Waals surface area contributed by atoms with E-state index in [4.69, 9.17) is 27.8 Å². The molecule has 3 heterocycles. The van der Waals surface area contributed by atoms with Gasteiger partial charge in [0.05, 0.1) is 12.7 Å². The zero-order valence-electron chi connectivity index (χ0n) is 20.9. The van der Waals surface area contributed by atoms with Crippen LogP contribution in [-0.4, -0.2) is 73.0 Å². The van der Waals surface area contributed by atoms with Crippen molar-refractivity contribution < 1.29 is 13.9 Å². The minimum Gasteiger partial charge on any atom is -0.466 e. The molecule has 1 aromatic carbocycles. The Labute approximate surface area is 222 Å². The molecule has 9 heteroatoms. The van der Waals surface area contributed by atoms with E-state index in [9.17, 15) is 9.18 Å². The van der Waals surface area contributed by atoms with Gasteiger partial charge in [-0.25, -0.2) is 9.18 Å². The first kappa shape index (κ1) is 26.8. The number of pyridine rings is 1. The van der Waals surface area contributed by atoms with Gasteiger partial charge in [-0.05, 0) is 43.7 Å². The Balaban J connectivity index is 1.61. The number of aromatic nitrogens is 1. The molecule has 0 aliphatic carbocycles. The quantitative estimate of drug-likeness (QED) is 0.306. The first-order valence-electron chi connectivity index (χ1n) is 12.4. The molecule has 37 heavy (non-hydrogen) atoms. The number of piperazine rings is 1. The van der Waals surface area contributed by atoms with Crippen molar-refractivity contribution in [1.29, 1.82) is 0 Å². The number of methoxy groups -OCH3 is 1. The van der Waals surface area contributed by atoms with Crippen molar-refractivity contribution in [3.8, 4) is 12.3 Å². The summed E-state index contributed by atoms with van der Waals surface area (Å²) in [5.41, 5.74) is 2.18. The van der Waals surface area contributed by atoms with Crippen LogP contribution in [0.15, 0.2) is 58.9 Å². The molecule has 1 N–H and O–H groups in total. The number of benzene rings is 1. The van der Waals surface area contributed by atoms with Crippen LogP contribution < -0.4 is 5.32 Å². The van der Waals surface area contributed by atoms with E-state index < -0.39 is 17.8 Å². The monoisotopic (exact) mass is 523 g/mol. The van der Waals surface area contributed by atoms with Crippen LogP contribution in [0.2, 0.25) is 5.02 Å². The number of rotatable bonds is 9. The van der Waals surface area contributed by atoms with Crippen molar-refractivity contribution in [3.05, 3.63) is 76.0 Å². The number of nitrogens with zero attached hydrogens (tertiary/aromatic N) is 4. The summed E-state index contributed by atoms with van der Waals surface area (Å²) in [5.74, 6) is 2.24. The van der Waals surface area contributed by atoms with E-state index in [1.54, 1.807) is 12.3 Å². The Hall–Kier alpha value is -3.25. The topological polar surface area (TPSA) is 70.1 Å². The zero-order chi connectivity index (χ0) is 26.2. The SMILES string of the molecule is C#CCCCCN1CCN(CC2=C(C(=O)OC)C(c3ccc(F)cc3Cl)N=C(c3ccccn3)N2)CC1. The molecule has 1 saturated heterocycles. The van der Waals surface area contributed by atoms with E-state index in [0.717, 1.165) is 52.0 Å². The average Bonchev–Trinajstić information content (AvgIpc) is 2.92. The third-order valence-electron chi connectivity index (χ3n) is 6.59. The Kier molecular flexibility index (Phi) is 9.29. The second-order valence-corrected chi connectivity index (χ2v) is 9.46. The second-order valence-electron chi connectivity index (χ2n) is 9.05. The summed E-state index contributed by atoms with van der Waals surface area (Å²) in [6.07, 6.45) is 9.98. The van der Waals surface area contributed by atoms with Crippen LogP contribution in [0.1, 0.15) is 36.6 Å². The fourth-order valence-electron chi connectivity index (χ4n) is 4.61. The Morgan fingerprint density at radius 2 is 2.00 bits per heavy atom. The summed E-state index contributed by atoms with van der Waals surface area (Å²) in [7, 11) is 1.34. The van der Waals surface area contributed by atoms with Crippen molar-refractivity contribution in [1.82, 2.24) is 20.1 Å². The number of amidine groups is 1. The summed E-state index contributed by atoms with van der Waals surface area (Å²) < 4.78 is 19.0. The molecule has 2 aromatic rings. The Morgan fingerprint density at radius 3 is 2.68 bits per heavy atom. The predicted octanol–water partition coefficient (Wildman–Crippen LogP) is 3.81. The standard InChI is InChI=1S/C28H31ClFN5O2/c1-3-4-5-8-13-34-14-16-35(17-15-34)19-24-25(28(36)37-2)26(21-11-10-20(30)18-22(21)29)33-27(32-24)23-9-6-7-12-31-23/h1,6-7,9-12,18,26H,4-5,8,13-17,19H2,2H3,(H,32,33). The third-order valence-corrected chi connectivity index (χ3v) is 6.92. The maximum atomic E-state index is 13.8. The van der Waals surface area contributed by atoms with Gasteiger partial charge in [0.25, 0.3) is 0 Å². The lowest BCUT2D eigenvalue weighted by Gasteiger charge is -2.36. The summed E-state index contributed by atoms with van der Waals surface area (Å²) >= 11 is 6.44. The van der Waals surface area contributed by atoms with E-state index in [2.05, 4.69) is 26.0 Å². The normalized spacial score (nSPS) is 18.6. The molecular weight excluding hydrogens is 493 g/mol. The molecule has 4 rings (SSSR count). The zero-order valence-corrected chi connectivity index (χ0v) is 21.7. The third kappa shape index (κ3) is 6.75. The van der Waals surface area contributed by atoms with E-state index in [1.165, 1.54) is 19.2 Å². The van der Waals surface area contributed by atoms with Gasteiger partial charge in [0.1, 0.15) is 17.6 Å². The molecule has 2 aliphatic heterocycles. The molecule has 1 fully saturated rings. The van der Waals surface area contributed by atoms with Crippen molar-refractivity contribution in [2.45, 2.75) is 25.3 Å². The molecule has 7 nitrogen and oxygen atoms in total. The first-order valence-corrected chi connectivity index (χ1v) is 12.8. The number of hydrogen-bond acceptors (Lipinski definition) is 7. The van der Waals surface area contributed by atoms with E-state index in [0.29, 0.717) is 34.9 Å². The van der Waals surface area contributed by atoms with Gasteiger partial charge in [0, 0.05) is 61.6 Å². The molecule has 1 aromatic heterocycles. The molecule has 0 amide bonds. The van der Waals surface area contributed by atoms with Crippen molar-refractivity contribution in [2.24, 2.45) is 4.99 Å². The van der Waals surface area contributed by atoms with E-state index in [1.807, 2.05) is 18.2 Å². The van der Waals surface area contributed by atoms with Crippen LogP contribution in [0, 0.1) is 18.2 Å². The van der Waals surface area contributed by atoms with Gasteiger partial charge in [0.15, 0.2) is 5.84 Å². The molecule has 2 aliphatic rings. The molecule has 194 valence electrons. The molecule has 1 unspecified atom stereocenters. The molecular formula is C28H31ClFN5O2. The molecule has 0 saturated carbocycles. The van der Waals surface area contributed by atoms with Gasteiger partial charge < -0.3 is 15.0 Å². The summed E-state index contributed by atoms with van der Waals surface area (Å²) in [4.78, 5) is 27.1. The van der Waals surface area contributed by atoms with Gasteiger partial charge in [-0.2, -0.15) is 0 Å². The van der Waals surface area contributed by atoms with Crippen LogP contribution >= 0.6 is 11.6 Å². The van der Waals surface area contributed by atoms with Crippen molar-refractivity contribution >= 4 is 23.4 Å². The lowest BCUT2D eigenvalue weighted by Crippen LogP contribution is -2.49. The van der Waals surface area contributed by atoms with Gasteiger partial charge in [-0.3, -0.25) is 14.9 Å². The number of carbonyl (C=O) groups excluding carboxylic acids is 1. The molecule has 0 radical (unpaired) electrons. The van der Waals surface area contributed by atoms with Crippen LogP contribution in [-0.2, 0) is 9.53 Å². The molecule has 0 bridgehead atoms. The smallest absolute Gasteiger partial charge is 0.338 e. The Morgan fingerprint density at radius 1 is 1.22 bits per heavy atom. The van der Waals surface area contributed by atoms with E-state index in [-0.39, 0.29) is 5.02 Å². The highest BCUT2D eigenvalue weighted by molar-refractivity contribution is 6.31. The summed E-state index contributed by atoms with van der Waals surface area (Å²) in [6, 6.07) is 8.87. The molecule has 1 atom stereocenters. The van der Waals surface area contributed by atoms with Crippen molar-refractivity contribution in [2.75, 3.05) is 46.4 Å². The number of nitrogens with one attached hydrogen (secondary N) is 1. The lowest BCUT2D eigenvalue weighted by atomic mass is 9.94. The van der Waals surface area contributed by atoms with Crippen LogP contribution in [0.25, 0.3) is 0 Å². The number of ether oxygens (including phenoxy) is 1. The number of hydrogen-bond donors (Lipinski definition) is 1. The van der Waals surface area contributed by atoms with Gasteiger partial charge >= 0.3 is 5.97 Å². The number of unbranched alkanes of at least 4 members (excludes halogenated alkanes) is 2. The highest BCUT2D eigenvalue weighted by Crippen LogP contribution is 2.36. The highest BCUT2D eigenvalue weighted by Gasteiger charge is 2.34. The van der Waals surface area contributed by atoms with Crippen LogP contribution in [0.5, 0.6) is 0 Å². The largest absolute Gasteiger partial charge is 0.466 e. The summed E-state index contributed by atoms with van der Waals surface area (Å²) in [6.45, 7) is 5.11. The van der Waals surface area contributed by atoms with Crippen LogP contribution in [0.3, 0.4) is 0 Å². The van der Waals surface area contributed by atoms with Gasteiger partial charge in [0.2, 0.25) is 0 Å². The number of carbonyl (C=O) groups is 1. The van der Waals surface area contributed by atoms with Gasteiger partial charge in [-0.1, -0.05) is 23.7 Å². The number of halogens is 2. The maximum absolute atomic E-state index is 13.8. The second kappa shape index (κ2) is 12.8. The first-order chi connectivity index (χ1) is 18.0. The van der Waals surface area contributed by atoms with Crippen LogP contribution in [0.4, 0.5) is 4.39 Å². The Bertz CT molecular complexity index is 1200. The number of aliphatic imine (C=N–C) groups is 1. The maximum Gasteiger partial charge on any atom is 0.338 e. The number of esters is 1. The van der Waals surface area contributed by atoms with Crippen molar-refractivity contribution in [3.63, 3.8) is 0 Å². The van der Waals surface area contributed by atoms with Gasteiger partial charge in [-0.15, -0.1) is 12.3 Å². The lowest BCUT2D eigenvalue weighted by molar-refractivity contribution is -0.136. The fourth-order valence-corrected chi connectivity index (χ4v) is 4.88. The molecule has 0 spiro atoms. The summed E-state index contributed by atoms with van der Waals surface area (Å²) in [5, 5.41) is 3.54. The predicted molar refractivity (Wildman–Crippen MR) is 143 cm³/mol. The average molecular weight is 524 g/mol. The highest BCUT2D eigenvalue weighted by atomic mass is 35.5. The number of terminal acetylenes is 1.